The number of piperidine rings is 1. The van der Waals surface area contributed by atoms with E-state index in [-0.39, 0.29) is 46.0 Å². The molecule has 1 fully saturated rings. The number of aliphatic hydroxyl groups is 1. The SMILES string of the molecule is CCC(C)(C)C(=O)C(=O)N1CCCC[C@H]1C(=O)O[C@@H](CCc1ccc(OC)c(CO)c1)c1ccc(OCC(C)=O)cc1.S.S. The van der Waals surface area contributed by atoms with Gasteiger partial charge in [0.05, 0.1) is 13.7 Å². The molecule has 2 atom stereocenters. The molecule has 3 rings (SSSR count). The second kappa shape index (κ2) is 18.1. The number of nitrogens with zero attached hydrogens (tertiary/aromatic N) is 1. The molecular formula is C33H47NO8S2. The van der Waals surface area contributed by atoms with Gasteiger partial charge in [-0.3, -0.25) is 14.4 Å². The van der Waals surface area contributed by atoms with Crippen LogP contribution in [-0.4, -0.2) is 59.8 Å². The van der Waals surface area contributed by atoms with Gasteiger partial charge >= 0.3 is 5.97 Å². The van der Waals surface area contributed by atoms with Gasteiger partial charge in [-0.2, -0.15) is 27.0 Å². The molecule has 1 heterocycles. The van der Waals surface area contributed by atoms with Gasteiger partial charge in [-0.1, -0.05) is 39.0 Å². The van der Waals surface area contributed by atoms with Crippen molar-refractivity contribution in [2.75, 3.05) is 20.3 Å². The largest absolute Gasteiger partial charge is 0.496 e. The Kier molecular flexibility index (Phi) is 16.0. The van der Waals surface area contributed by atoms with Crippen molar-refractivity contribution >= 4 is 50.4 Å². The maximum Gasteiger partial charge on any atom is 0.329 e. The summed E-state index contributed by atoms with van der Waals surface area (Å²) in [6.07, 6.45) is 2.71. The van der Waals surface area contributed by atoms with Crippen LogP contribution in [0.5, 0.6) is 11.5 Å². The third-order valence-electron chi connectivity index (χ3n) is 7.89. The standard InChI is InChI=1S/C33H43NO8.2H2S/c1-6-33(3,4)30(37)31(38)34-18-8-7-9-27(34)32(39)42-29(24-12-14-26(15-13-24)41-21-22(2)36)17-11-23-10-16-28(40-5)25(19-23)20-35;;/h10,12-16,19,27,29,35H,6-9,11,17-18,20-21H2,1-5H3;2*1H2/t27-,29-;;/m0../s1. The van der Waals surface area contributed by atoms with Gasteiger partial charge in [0.1, 0.15) is 30.3 Å². The van der Waals surface area contributed by atoms with E-state index in [4.69, 9.17) is 14.2 Å². The predicted molar refractivity (Wildman–Crippen MR) is 178 cm³/mol. The van der Waals surface area contributed by atoms with Crippen LogP contribution in [0.2, 0.25) is 0 Å². The Morgan fingerprint density at radius 1 is 1.05 bits per heavy atom. The lowest BCUT2D eigenvalue weighted by Crippen LogP contribution is -2.53. The monoisotopic (exact) mass is 649 g/mol. The van der Waals surface area contributed by atoms with Crippen molar-refractivity contribution in [3.8, 4) is 11.5 Å². The van der Waals surface area contributed by atoms with Crippen molar-refractivity contribution in [3.05, 3.63) is 59.2 Å². The Labute approximate surface area is 274 Å². The fourth-order valence-electron chi connectivity index (χ4n) is 4.88. The molecule has 244 valence electrons. The topological polar surface area (TPSA) is 119 Å². The van der Waals surface area contributed by atoms with E-state index in [1.54, 1.807) is 51.3 Å². The van der Waals surface area contributed by atoms with Crippen molar-refractivity contribution in [2.45, 2.75) is 85.0 Å². The van der Waals surface area contributed by atoms with Gasteiger partial charge in [0.2, 0.25) is 5.78 Å². The van der Waals surface area contributed by atoms with Crippen LogP contribution >= 0.6 is 27.0 Å². The average molecular weight is 650 g/mol. The summed E-state index contributed by atoms with van der Waals surface area (Å²) in [4.78, 5) is 52.6. The molecule has 1 N–H and O–H groups in total. The number of carbonyl (C=O) groups is 4. The molecule has 2 aromatic rings. The first kappa shape index (κ1) is 39.0. The smallest absolute Gasteiger partial charge is 0.329 e. The average Bonchev–Trinajstić information content (AvgIpc) is 3.01. The number of rotatable bonds is 14. The minimum atomic E-state index is -0.842. The number of likely N-dealkylation sites (tertiary alicyclic amines) is 1. The van der Waals surface area contributed by atoms with Crippen LogP contribution in [-0.2, 0) is 36.9 Å². The van der Waals surface area contributed by atoms with Crippen LogP contribution in [0, 0.1) is 5.41 Å². The second-order valence-corrected chi connectivity index (χ2v) is 11.4. The minimum absolute atomic E-state index is 0. The minimum Gasteiger partial charge on any atom is -0.496 e. The number of Topliss-reactive ketones (excluding diaryl/α,β-unsaturated/α-hetero) is 2. The molecule has 0 bridgehead atoms. The molecule has 1 saturated heterocycles. The van der Waals surface area contributed by atoms with Crippen LogP contribution in [0.1, 0.15) is 82.6 Å². The zero-order chi connectivity index (χ0) is 30.9. The molecule has 0 aliphatic carbocycles. The molecule has 0 saturated carbocycles. The number of carbonyl (C=O) groups excluding carboxylic acids is 4. The Bertz CT molecular complexity index is 1260. The highest BCUT2D eigenvalue weighted by atomic mass is 32.1. The highest BCUT2D eigenvalue weighted by Gasteiger charge is 2.41. The van der Waals surface area contributed by atoms with E-state index in [0.717, 1.165) is 17.5 Å². The summed E-state index contributed by atoms with van der Waals surface area (Å²) in [7, 11) is 1.55. The van der Waals surface area contributed by atoms with Crippen molar-refractivity contribution in [1.29, 1.82) is 0 Å². The van der Waals surface area contributed by atoms with Gasteiger partial charge in [-0.25, -0.2) is 4.79 Å². The van der Waals surface area contributed by atoms with Gasteiger partial charge in [0.15, 0.2) is 5.78 Å². The molecule has 0 aromatic heterocycles. The number of ether oxygens (including phenoxy) is 3. The fourth-order valence-corrected chi connectivity index (χ4v) is 4.88. The number of amides is 1. The number of methoxy groups -OCH3 is 1. The zero-order valence-corrected chi connectivity index (χ0v) is 28.3. The third-order valence-corrected chi connectivity index (χ3v) is 7.89. The fraction of sp³-hybridized carbons (Fsp3) is 0.515. The summed E-state index contributed by atoms with van der Waals surface area (Å²) in [6, 6.07) is 11.7. The molecule has 0 unspecified atom stereocenters. The van der Waals surface area contributed by atoms with E-state index < -0.39 is 35.2 Å². The normalized spacial score (nSPS) is 15.2. The number of esters is 1. The van der Waals surface area contributed by atoms with Crippen LogP contribution in [0.25, 0.3) is 0 Å². The Morgan fingerprint density at radius 2 is 1.73 bits per heavy atom. The molecule has 1 aliphatic rings. The van der Waals surface area contributed by atoms with E-state index >= 15 is 0 Å². The van der Waals surface area contributed by atoms with Crippen LogP contribution in [0.3, 0.4) is 0 Å². The lowest BCUT2D eigenvalue weighted by Gasteiger charge is -2.36. The summed E-state index contributed by atoms with van der Waals surface area (Å²) in [6.45, 7) is 6.91. The molecule has 0 radical (unpaired) electrons. The molecule has 11 heteroatoms. The van der Waals surface area contributed by atoms with Crippen LogP contribution in [0.4, 0.5) is 0 Å². The number of benzene rings is 2. The number of ketones is 2. The quantitative estimate of drug-likeness (QED) is 0.225. The first-order valence-corrected chi connectivity index (χ1v) is 14.6. The maximum absolute atomic E-state index is 13.6. The third kappa shape index (κ3) is 10.3. The van der Waals surface area contributed by atoms with Crippen molar-refractivity contribution in [3.63, 3.8) is 0 Å². The molecule has 2 aromatic carbocycles. The maximum atomic E-state index is 13.6. The van der Waals surface area contributed by atoms with Crippen molar-refractivity contribution in [1.82, 2.24) is 4.90 Å². The van der Waals surface area contributed by atoms with Crippen LogP contribution < -0.4 is 9.47 Å². The summed E-state index contributed by atoms with van der Waals surface area (Å²) in [5, 5.41) is 9.73. The molecule has 1 amide bonds. The predicted octanol–water partition coefficient (Wildman–Crippen LogP) is 4.98. The lowest BCUT2D eigenvalue weighted by atomic mass is 9.84. The number of aryl methyl sites for hydroxylation is 1. The van der Waals surface area contributed by atoms with E-state index in [0.29, 0.717) is 55.7 Å². The highest BCUT2D eigenvalue weighted by Crippen LogP contribution is 2.30. The van der Waals surface area contributed by atoms with E-state index in [9.17, 15) is 24.3 Å². The van der Waals surface area contributed by atoms with Crippen LogP contribution in [0.15, 0.2) is 42.5 Å². The van der Waals surface area contributed by atoms with E-state index in [1.165, 1.54) is 11.8 Å². The van der Waals surface area contributed by atoms with Gasteiger partial charge in [0.25, 0.3) is 5.91 Å². The van der Waals surface area contributed by atoms with Gasteiger partial charge in [-0.05, 0) is 80.8 Å². The Morgan fingerprint density at radius 3 is 2.32 bits per heavy atom. The first-order chi connectivity index (χ1) is 20.0. The Hall–Kier alpha value is -3.02. The van der Waals surface area contributed by atoms with Gasteiger partial charge in [0, 0.05) is 17.5 Å². The highest BCUT2D eigenvalue weighted by molar-refractivity contribution is 7.59. The molecule has 9 nitrogen and oxygen atoms in total. The van der Waals surface area contributed by atoms with Crippen molar-refractivity contribution in [2.24, 2.45) is 5.41 Å². The lowest BCUT2D eigenvalue weighted by molar-refractivity contribution is -0.164. The van der Waals surface area contributed by atoms with E-state index in [1.807, 2.05) is 19.1 Å². The number of hydrogen-bond acceptors (Lipinski definition) is 8. The van der Waals surface area contributed by atoms with Crippen molar-refractivity contribution < 1.29 is 38.5 Å². The van der Waals surface area contributed by atoms with Gasteiger partial charge in [-0.15, -0.1) is 0 Å². The number of aliphatic hydroxyl groups excluding tert-OH is 1. The zero-order valence-electron chi connectivity index (χ0n) is 26.3. The first-order valence-electron chi connectivity index (χ1n) is 14.6. The number of hydrogen-bond donors (Lipinski definition) is 1. The summed E-state index contributed by atoms with van der Waals surface area (Å²) < 4.78 is 16.9. The molecule has 0 spiro atoms. The summed E-state index contributed by atoms with van der Waals surface area (Å²) in [5.74, 6) is -0.669. The molecule has 1 aliphatic heterocycles. The van der Waals surface area contributed by atoms with Gasteiger partial charge < -0.3 is 24.2 Å². The molecular weight excluding hydrogens is 602 g/mol. The second-order valence-electron chi connectivity index (χ2n) is 11.4. The summed E-state index contributed by atoms with van der Waals surface area (Å²) >= 11 is 0. The summed E-state index contributed by atoms with van der Waals surface area (Å²) in [5.41, 5.74) is 1.51. The molecule has 44 heavy (non-hydrogen) atoms. The Balaban J connectivity index is 0.00000484. The van der Waals surface area contributed by atoms with E-state index in [2.05, 4.69) is 0 Å².